The topological polar surface area (TPSA) is 65.4 Å². The smallest absolute Gasteiger partial charge is 0.256 e. The molecule has 6 nitrogen and oxygen atoms in total. The number of aryl methyl sites for hydroxylation is 1. The zero-order valence-electron chi connectivity index (χ0n) is 13.0. The van der Waals surface area contributed by atoms with E-state index in [4.69, 9.17) is 9.47 Å². The van der Waals surface area contributed by atoms with Gasteiger partial charge in [-0.15, -0.1) is 0 Å². The maximum absolute atomic E-state index is 12.6. The predicted molar refractivity (Wildman–Crippen MR) is 88.8 cm³/mol. The molecule has 1 aliphatic rings. The van der Waals surface area contributed by atoms with Gasteiger partial charge in [0, 0.05) is 11.6 Å². The van der Waals surface area contributed by atoms with Gasteiger partial charge in [0.15, 0.2) is 11.5 Å². The third kappa shape index (κ3) is 2.58. The molecule has 1 N–H and O–H groups in total. The van der Waals surface area contributed by atoms with Gasteiger partial charge >= 0.3 is 0 Å². The lowest BCUT2D eigenvalue weighted by Crippen LogP contribution is -2.15. The van der Waals surface area contributed by atoms with E-state index in [9.17, 15) is 4.79 Å². The molecule has 1 amide bonds. The third-order valence-electron chi connectivity index (χ3n) is 3.71. The summed E-state index contributed by atoms with van der Waals surface area (Å²) in [4.78, 5) is 12.6. The Labute approximate surface area is 138 Å². The number of hydrogen-bond acceptors (Lipinski definition) is 4. The average molecular weight is 321 g/mol. The van der Waals surface area contributed by atoms with Crippen molar-refractivity contribution < 1.29 is 14.3 Å². The molecule has 0 saturated heterocycles. The lowest BCUT2D eigenvalue weighted by atomic mass is 10.2. The molecule has 4 rings (SSSR count). The first-order valence-corrected chi connectivity index (χ1v) is 7.54. The number of aromatic nitrogens is 2. The lowest BCUT2D eigenvalue weighted by Gasteiger charge is -2.09. The Kier molecular flexibility index (Phi) is 3.42. The number of hydrogen-bond donors (Lipinski definition) is 1. The van der Waals surface area contributed by atoms with Gasteiger partial charge in [-0.05, 0) is 37.3 Å². The van der Waals surface area contributed by atoms with Crippen molar-refractivity contribution in [3.05, 3.63) is 65.9 Å². The first kappa shape index (κ1) is 14.3. The fourth-order valence-corrected chi connectivity index (χ4v) is 2.58. The molecule has 0 saturated carbocycles. The van der Waals surface area contributed by atoms with Crippen LogP contribution in [0.4, 0.5) is 5.82 Å². The van der Waals surface area contributed by atoms with E-state index in [0.717, 1.165) is 11.4 Å². The highest BCUT2D eigenvalue weighted by Crippen LogP contribution is 2.32. The SMILES string of the molecule is Cc1cc(NC(=O)c2ccc3c(c2)OCO3)n(-c2ccccc2)n1. The molecule has 120 valence electrons. The van der Waals surface area contributed by atoms with Crippen molar-refractivity contribution in [1.82, 2.24) is 9.78 Å². The number of carbonyl (C=O) groups is 1. The summed E-state index contributed by atoms with van der Waals surface area (Å²) in [5, 5.41) is 7.35. The minimum absolute atomic E-state index is 0.181. The van der Waals surface area contributed by atoms with Crippen LogP contribution in [0.5, 0.6) is 11.5 Å². The number of rotatable bonds is 3. The van der Waals surface area contributed by atoms with Crippen LogP contribution in [-0.4, -0.2) is 22.5 Å². The molecule has 3 aromatic rings. The maximum Gasteiger partial charge on any atom is 0.256 e. The van der Waals surface area contributed by atoms with Crippen LogP contribution in [0.15, 0.2) is 54.6 Å². The Balaban J connectivity index is 1.63. The highest BCUT2D eigenvalue weighted by Gasteiger charge is 2.17. The first-order chi connectivity index (χ1) is 11.7. The number of amides is 1. The van der Waals surface area contributed by atoms with Crippen LogP contribution in [0, 0.1) is 6.92 Å². The number of carbonyl (C=O) groups excluding carboxylic acids is 1. The van der Waals surface area contributed by atoms with E-state index in [1.807, 2.05) is 43.3 Å². The van der Waals surface area contributed by atoms with Crippen molar-refractivity contribution in [3.63, 3.8) is 0 Å². The Morgan fingerprint density at radius 1 is 1.08 bits per heavy atom. The number of ether oxygens (including phenoxy) is 2. The van der Waals surface area contributed by atoms with Crippen molar-refractivity contribution >= 4 is 11.7 Å². The molecule has 0 unspecified atom stereocenters. The van der Waals surface area contributed by atoms with Crippen LogP contribution in [0.25, 0.3) is 5.69 Å². The van der Waals surface area contributed by atoms with Gasteiger partial charge in [-0.3, -0.25) is 4.79 Å². The van der Waals surface area contributed by atoms with Crippen molar-refractivity contribution in [1.29, 1.82) is 0 Å². The van der Waals surface area contributed by atoms with Gasteiger partial charge < -0.3 is 14.8 Å². The number of benzene rings is 2. The average Bonchev–Trinajstić information content (AvgIpc) is 3.21. The standard InChI is InChI=1S/C18H15N3O3/c1-12-9-17(21(20-12)14-5-3-2-4-6-14)19-18(22)13-7-8-15-16(10-13)24-11-23-15/h2-10H,11H2,1H3,(H,19,22). The molecule has 0 aliphatic carbocycles. The lowest BCUT2D eigenvalue weighted by molar-refractivity contribution is 0.102. The molecule has 2 heterocycles. The Bertz CT molecular complexity index is 903. The number of nitrogens with zero attached hydrogens (tertiary/aromatic N) is 2. The van der Waals surface area contributed by atoms with E-state index >= 15 is 0 Å². The summed E-state index contributed by atoms with van der Waals surface area (Å²) < 4.78 is 12.3. The molecule has 0 radical (unpaired) electrons. The fraction of sp³-hybridized carbons (Fsp3) is 0.111. The van der Waals surface area contributed by atoms with Gasteiger partial charge in [0.05, 0.1) is 11.4 Å². The summed E-state index contributed by atoms with van der Waals surface area (Å²) in [5.74, 6) is 1.61. The molecule has 0 fully saturated rings. The molecule has 1 aromatic heterocycles. The van der Waals surface area contributed by atoms with Gasteiger partial charge in [0.25, 0.3) is 5.91 Å². The number of nitrogens with one attached hydrogen (secondary N) is 1. The highest BCUT2D eigenvalue weighted by atomic mass is 16.7. The van der Waals surface area contributed by atoms with Gasteiger partial charge in [0.1, 0.15) is 5.82 Å². The second kappa shape index (κ2) is 5.73. The Morgan fingerprint density at radius 3 is 2.71 bits per heavy atom. The molecule has 6 heteroatoms. The minimum atomic E-state index is -0.231. The summed E-state index contributed by atoms with van der Waals surface area (Å²) in [6.45, 7) is 2.07. The first-order valence-electron chi connectivity index (χ1n) is 7.54. The summed E-state index contributed by atoms with van der Waals surface area (Å²) in [6, 6.07) is 16.6. The zero-order valence-corrected chi connectivity index (χ0v) is 13.0. The van der Waals surface area contributed by atoms with E-state index < -0.39 is 0 Å². The molecular weight excluding hydrogens is 306 g/mol. The summed E-state index contributed by atoms with van der Waals surface area (Å²) in [7, 11) is 0. The largest absolute Gasteiger partial charge is 0.454 e. The molecular formula is C18H15N3O3. The molecule has 0 spiro atoms. The molecule has 2 aromatic carbocycles. The number of fused-ring (bicyclic) bond motifs is 1. The quantitative estimate of drug-likeness (QED) is 0.805. The van der Waals surface area contributed by atoms with E-state index in [0.29, 0.717) is 22.9 Å². The molecule has 24 heavy (non-hydrogen) atoms. The molecule has 0 bridgehead atoms. The monoisotopic (exact) mass is 321 g/mol. The summed E-state index contributed by atoms with van der Waals surface area (Å²) >= 11 is 0. The molecule has 1 aliphatic heterocycles. The Hall–Kier alpha value is -3.28. The van der Waals surface area contributed by atoms with Crippen LogP contribution in [0.2, 0.25) is 0 Å². The van der Waals surface area contributed by atoms with Gasteiger partial charge in [-0.25, -0.2) is 4.68 Å². The summed E-state index contributed by atoms with van der Waals surface area (Å²) in [5.41, 5.74) is 2.20. The fourth-order valence-electron chi connectivity index (χ4n) is 2.58. The van der Waals surface area contributed by atoms with E-state index in [-0.39, 0.29) is 12.7 Å². The van der Waals surface area contributed by atoms with Crippen molar-refractivity contribution in [2.75, 3.05) is 12.1 Å². The van der Waals surface area contributed by atoms with Gasteiger partial charge in [-0.1, -0.05) is 18.2 Å². The van der Waals surface area contributed by atoms with Crippen molar-refractivity contribution in [2.24, 2.45) is 0 Å². The van der Waals surface area contributed by atoms with E-state index in [1.54, 1.807) is 22.9 Å². The van der Waals surface area contributed by atoms with Crippen LogP contribution in [-0.2, 0) is 0 Å². The Morgan fingerprint density at radius 2 is 1.88 bits per heavy atom. The summed E-state index contributed by atoms with van der Waals surface area (Å²) in [6.07, 6.45) is 0. The van der Waals surface area contributed by atoms with Crippen molar-refractivity contribution in [2.45, 2.75) is 6.92 Å². The third-order valence-corrected chi connectivity index (χ3v) is 3.71. The second-order valence-electron chi connectivity index (χ2n) is 5.44. The predicted octanol–water partition coefficient (Wildman–Crippen LogP) is 3.16. The maximum atomic E-state index is 12.6. The van der Waals surface area contributed by atoms with E-state index in [1.165, 1.54) is 0 Å². The van der Waals surface area contributed by atoms with Gasteiger partial charge in [0.2, 0.25) is 6.79 Å². The number of anilines is 1. The normalized spacial score (nSPS) is 12.2. The van der Waals surface area contributed by atoms with Crippen LogP contribution in [0.3, 0.4) is 0 Å². The van der Waals surface area contributed by atoms with Crippen LogP contribution >= 0.6 is 0 Å². The van der Waals surface area contributed by atoms with Crippen LogP contribution in [0.1, 0.15) is 16.1 Å². The van der Waals surface area contributed by atoms with Gasteiger partial charge in [-0.2, -0.15) is 5.10 Å². The van der Waals surface area contributed by atoms with E-state index in [2.05, 4.69) is 10.4 Å². The zero-order chi connectivity index (χ0) is 16.5. The van der Waals surface area contributed by atoms with Crippen molar-refractivity contribution in [3.8, 4) is 17.2 Å². The van der Waals surface area contributed by atoms with Crippen LogP contribution < -0.4 is 14.8 Å². The minimum Gasteiger partial charge on any atom is -0.454 e. The highest BCUT2D eigenvalue weighted by molar-refractivity contribution is 6.04. The second-order valence-corrected chi connectivity index (χ2v) is 5.44. The molecule has 0 atom stereocenters. The number of para-hydroxylation sites is 1.